The van der Waals surface area contributed by atoms with Crippen LogP contribution in [0.15, 0.2) is 30.3 Å². The van der Waals surface area contributed by atoms with Crippen molar-refractivity contribution in [3.63, 3.8) is 0 Å². The molecule has 1 aromatic carbocycles. The van der Waals surface area contributed by atoms with E-state index in [4.69, 9.17) is 6.42 Å². The minimum absolute atomic E-state index is 0.0137. The van der Waals surface area contributed by atoms with Gasteiger partial charge in [-0.15, -0.1) is 6.42 Å². The first-order valence-electron chi connectivity index (χ1n) is 5.73. The van der Waals surface area contributed by atoms with Crippen molar-refractivity contribution in [3.8, 4) is 12.3 Å². The minimum Gasteiger partial charge on any atom is -0.298 e. The normalized spacial score (nSPS) is 13.1. The Morgan fingerprint density at radius 3 is 2.53 bits per heavy atom. The number of terminal acetylenes is 1. The van der Waals surface area contributed by atoms with Crippen LogP contribution >= 0.6 is 0 Å². The van der Waals surface area contributed by atoms with Crippen molar-refractivity contribution < 1.29 is 8.78 Å². The van der Waals surface area contributed by atoms with Crippen LogP contribution in [0.4, 0.5) is 8.78 Å². The third-order valence-corrected chi connectivity index (χ3v) is 2.55. The van der Waals surface area contributed by atoms with Crippen LogP contribution in [0.5, 0.6) is 0 Å². The van der Waals surface area contributed by atoms with Gasteiger partial charge in [-0.05, 0) is 6.42 Å². The van der Waals surface area contributed by atoms with Crippen molar-refractivity contribution in [2.24, 2.45) is 0 Å². The summed E-state index contributed by atoms with van der Waals surface area (Å²) in [5.41, 5.74) is 0.0137. The van der Waals surface area contributed by atoms with Crippen molar-refractivity contribution in [2.45, 2.75) is 31.7 Å². The van der Waals surface area contributed by atoms with Crippen LogP contribution in [0.1, 0.15) is 25.3 Å². The molecule has 1 rings (SSSR count). The Balaban J connectivity index is 2.59. The molecule has 1 unspecified atom stereocenters. The van der Waals surface area contributed by atoms with Gasteiger partial charge in [-0.2, -0.15) is 8.78 Å². The number of benzene rings is 1. The van der Waals surface area contributed by atoms with Gasteiger partial charge in [0.2, 0.25) is 0 Å². The fraction of sp³-hybridized carbons (Fsp3) is 0.429. The summed E-state index contributed by atoms with van der Waals surface area (Å²) in [5.74, 6) is -0.402. The number of hydrogen-bond donors (Lipinski definition) is 1. The van der Waals surface area contributed by atoms with Gasteiger partial charge >= 0.3 is 0 Å². The first kappa shape index (κ1) is 13.7. The Labute approximate surface area is 101 Å². The van der Waals surface area contributed by atoms with Crippen molar-refractivity contribution in [3.05, 3.63) is 35.9 Å². The molecule has 3 heteroatoms. The second-order valence-corrected chi connectivity index (χ2v) is 3.96. The summed E-state index contributed by atoms with van der Waals surface area (Å²) in [6, 6.07) is 7.49. The van der Waals surface area contributed by atoms with Crippen LogP contribution < -0.4 is 5.32 Å². The van der Waals surface area contributed by atoms with E-state index in [1.165, 1.54) is 12.1 Å². The highest BCUT2D eigenvalue weighted by molar-refractivity contribution is 5.20. The predicted octanol–water partition coefficient (Wildman–Crippen LogP) is 3.17. The highest BCUT2D eigenvalue weighted by Crippen LogP contribution is 2.26. The van der Waals surface area contributed by atoms with E-state index in [2.05, 4.69) is 11.2 Å². The second-order valence-electron chi connectivity index (χ2n) is 3.96. The van der Waals surface area contributed by atoms with E-state index in [9.17, 15) is 8.78 Å². The zero-order valence-corrected chi connectivity index (χ0v) is 9.92. The Kier molecular flexibility index (Phi) is 5.11. The smallest absolute Gasteiger partial charge is 0.285 e. The van der Waals surface area contributed by atoms with Crippen molar-refractivity contribution in [1.29, 1.82) is 0 Å². The Hall–Kier alpha value is -1.40. The van der Waals surface area contributed by atoms with E-state index in [0.29, 0.717) is 6.42 Å². The van der Waals surface area contributed by atoms with Gasteiger partial charge in [-0.25, -0.2) is 0 Å². The molecule has 0 aliphatic rings. The van der Waals surface area contributed by atoms with E-state index in [0.717, 1.165) is 6.42 Å². The first-order chi connectivity index (χ1) is 8.10. The van der Waals surface area contributed by atoms with Crippen molar-refractivity contribution in [1.82, 2.24) is 5.32 Å². The van der Waals surface area contributed by atoms with Gasteiger partial charge in [0.15, 0.2) is 0 Å². The third kappa shape index (κ3) is 4.16. The highest BCUT2D eigenvalue weighted by atomic mass is 19.3. The zero-order valence-electron chi connectivity index (χ0n) is 9.92. The summed E-state index contributed by atoms with van der Waals surface area (Å²) < 4.78 is 27.5. The fourth-order valence-corrected chi connectivity index (χ4v) is 1.57. The molecule has 0 saturated heterocycles. The largest absolute Gasteiger partial charge is 0.298 e. The average molecular weight is 237 g/mol. The van der Waals surface area contributed by atoms with Crippen LogP contribution in [-0.4, -0.2) is 12.6 Å². The van der Waals surface area contributed by atoms with Crippen LogP contribution in [0, 0.1) is 12.3 Å². The Bertz CT molecular complexity index is 368. The Morgan fingerprint density at radius 1 is 1.35 bits per heavy atom. The molecule has 0 radical (unpaired) electrons. The molecular formula is C14H17F2N. The van der Waals surface area contributed by atoms with E-state index in [1.807, 2.05) is 6.92 Å². The summed E-state index contributed by atoms with van der Waals surface area (Å²) in [6.07, 6.45) is 6.85. The fourth-order valence-electron chi connectivity index (χ4n) is 1.57. The standard InChI is InChI=1S/C14H17F2N/c1-3-8-13(4-2)17-11-14(15,16)12-9-6-5-7-10-12/h2,5-7,9-10,13,17H,3,8,11H2,1H3. The van der Waals surface area contributed by atoms with Gasteiger partial charge in [0.25, 0.3) is 5.92 Å². The third-order valence-electron chi connectivity index (χ3n) is 2.55. The van der Waals surface area contributed by atoms with Crippen LogP contribution in [0.3, 0.4) is 0 Å². The summed E-state index contributed by atoms with van der Waals surface area (Å²) in [7, 11) is 0. The lowest BCUT2D eigenvalue weighted by molar-refractivity contribution is -0.00452. The van der Waals surface area contributed by atoms with Crippen LogP contribution in [-0.2, 0) is 5.92 Å². The molecule has 0 heterocycles. The number of alkyl halides is 2. The maximum absolute atomic E-state index is 13.8. The molecule has 1 N–H and O–H groups in total. The predicted molar refractivity (Wildman–Crippen MR) is 65.9 cm³/mol. The van der Waals surface area contributed by atoms with E-state index < -0.39 is 12.5 Å². The molecule has 0 amide bonds. The molecule has 0 aromatic heterocycles. The topological polar surface area (TPSA) is 12.0 Å². The second kappa shape index (κ2) is 6.36. The quantitative estimate of drug-likeness (QED) is 0.749. The molecule has 1 aromatic rings. The van der Waals surface area contributed by atoms with E-state index >= 15 is 0 Å². The van der Waals surface area contributed by atoms with E-state index in [-0.39, 0.29) is 11.6 Å². The van der Waals surface area contributed by atoms with Crippen LogP contribution in [0.2, 0.25) is 0 Å². The van der Waals surface area contributed by atoms with Crippen molar-refractivity contribution >= 4 is 0 Å². The number of nitrogens with one attached hydrogen (secondary N) is 1. The monoisotopic (exact) mass is 237 g/mol. The van der Waals surface area contributed by atoms with Crippen molar-refractivity contribution in [2.75, 3.05) is 6.54 Å². The zero-order chi connectivity index (χ0) is 12.7. The summed E-state index contributed by atoms with van der Waals surface area (Å²) in [6.45, 7) is 1.55. The van der Waals surface area contributed by atoms with E-state index in [1.54, 1.807) is 18.2 Å². The number of rotatable bonds is 6. The summed E-state index contributed by atoms with van der Waals surface area (Å²) in [5, 5.41) is 2.72. The molecule has 0 fully saturated rings. The molecular weight excluding hydrogens is 220 g/mol. The lowest BCUT2D eigenvalue weighted by Gasteiger charge is -2.20. The molecule has 0 aliphatic carbocycles. The van der Waals surface area contributed by atoms with Gasteiger partial charge < -0.3 is 0 Å². The molecule has 0 saturated carbocycles. The molecule has 92 valence electrons. The maximum Gasteiger partial charge on any atom is 0.285 e. The summed E-state index contributed by atoms with van der Waals surface area (Å²) in [4.78, 5) is 0. The first-order valence-corrected chi connectivity index (χ1v) is 5.73. The van der Waals surface area contributed by atoms with Crippen LogP contribution in [0.25, 0.3) is 0 Å². The van der Waals surface area contributed by atoms with Gasteiger partial charge in [0.1, 0.15) is 0 Å². The molecule has 17 heavy (non-hydrogen) atoms. The molecule has 0 bridgehead atoms. The van der Waals surface area contributed by atoms with Gasteiger partial charge in [-0.3, -0.25) is 5.32 Å². The number of halogens is 2. The SMILES string of the molecule is C#CC(CCC)NCC(F)(F)c1ccccc1. The maximum atomic E-state index is 13.8. The average Bonchev–Trinajstić information content (AvgIpc) is 2.35. The molecule has 1 nitrogen and oxygen atoms in total. The lowest BCUT2D eigenvalue weighted by atomic mass is 10.1. The number of hydrogen-bond acceptors (Lipinski definition) is 1. The van der Waals surface area contributed by atoms with Gasteiger partial charge in [-0.1, -0.05) is 49.6 Å². The highest BCUT2D eigenvalue weighted by Gasteiger charge is 2.31. The molecule has 1 atom stereocenters. The summed E-state index contributed by atoms with van der Waals surface area (Å²) >= 11 is 0. The van der Waals surface area contributed by atoms with Gasteiger partial charge in [0.05, 0.1) is 12.6 Å². The molecule has 0 spiro atoms. The molecule has 0 aliphatic heterocycles. The minimum atomic E-state index is -2.88. The lowest BCUT2D eigenvalue weighted by Crippen LogP contribution is -2.37. The van der Waals surface area contributed by atoms with Gasteiger partial charge in [0, 0.05) is 5.56 Å². The Morgan fingerprint density at radius 2 is 2.00 bits per heavy atom.